The van der Waals surface area contributed by atoms with Crippen LogP contribution in [-0.4, -0.2) is 24.8 Å². The molecule has 1 atom stereocenters. The lowest BCUT2D eigenvalue weighted by Gasteiger charge is -2.09. The second-order valence-corrected chi connectivity index (χ2v) is 5.34. The number of hydrogen-bond acceptors (Lipinski definition) is 1. The molecule has 0 aromatic heterocycles. The fraction of sp³-hybridized carbons (Fsp3) is 0.188. The number of benzene rings is 2. The van der Waals surface area contributed by atoms with Gasteiger partial charge in [-0.1, -0.05) is 72.7 Å². The third-order valence-corrected chi connectivity index (χ3v) is 4.04. The zero-order chi connectivity index (χ0) is 13.9. The van der Waals surface area contributed by atoms with E-state index in [1.165, 1.54) is 16.6 Å². The van der Waals surface area contributed by atoms with E-state index in [1.54, 1.807) is 0 Å². The van der Waals surface area contributed by atoms with E-state index in [4.69, 9.17) is 5.11 Å². The molecule has 1 aliphatic heterocycles. The summed E-state index contributed by atoms with van der Waals surface area (Å²) in [5.74, 6) is -0.890. The van der Waals surface area contributed by atoms with E-state index < -0.39 is 5.97 Å². The monoisotopic (exact) mass is 261 g/mol. The highest BCUT2D eigenvalue weighted by molar-refractivity contribution is 7.20. The first-order valence-electron chi connectivity index (χ1n) is 6.95. The van der Waals surface area contributed by atoms with E-state index in [-0.39, 0.29) is 12.5 Å². The maximum atomic E-state index is 11.0. The molecule has 1 unspecified atom stereocenters. The lowest BCUT2D eigenvalue weighted by Crippen LogP contribution is -2.32. The van der Waals surface area contributed by atoms with Crippen molar-refractivity contribution >= 4 is 25.2 Å². The predicted octanol–water partition coefficient (Wildman–Crippen LogP) is 2.39. The van der Waals surface area contributed by atoms with Crippen molar-refractivity contribution in [2.75, 3.05) is 0 Å². The largest absolute Gasteiger partial charge is 0.481 e. The predicted molar refractivity (Wildman–Crippen MR) is 83.8 cm³/mol. The highest BCUT2D eigenvalue weighted by atomic mass is 16.4. The Morgan fingerprint density at radius 1 is 1.05 bits per heavy atom. The zero-order valence-electron chi connectivity index (χ0n) is 11.2. The van der Waals surface area contributed by atoms with Gasteiger partial charge in [0.15, 0.2) is 0 Å². The van der Waals surface area contributed by atoms with Gasteiger partial charge in [0.1, 0.15) is 6.60 Å². The minimum Gasteiger partial charge on any atom is -0.481 e. The van der Waals surface area contributed by atoms with Crippen LogP contribution in [-0.2, 0) is 4.79 Å². The quantitative estimate of drug-likeness (QED) is 0.861. The number of carbonyl (C=O) groups is 1. The molecule has 4 heteroatoms. The molecule has 1 fully saturated rings. The minimum absolute atomic E-state index is 0.214. The van der Waals surface area contributed by atoms with E-state index in [0.29, 0.717) is 6.32 Å². The van der Waals surface area contributed by atoms with Crippen LogP contribution in [0.3, 0.4) is 0 Å². The van der Waals surface area contributed by atoms with Gasteiger partial charge in [-0.25, -0.2) is 0 Å². The normalized spacial score (nSPS) is 17.8. The molecule has 20 heavy (non-hydrogen) atoms. The van der Waals surface area contributed by atoms with Crippen LogP contribution in [0, 0.1) is 5.92 Å². The van der Waals surface area contributed by atoms with Crippen molar-refractivity contribution in [3.63, 3.8) is 0 Å². The standard InChI is InChI=1S/C16H15B2O2/c19-16(20)14-10-17-18(11-14)15-8-6-13(7-9-15)12-4-2-1-3-5-12/h1-9,14H,10-11H2,(H,19,20). The fourth-order valence-electron chi connectivity index (χ4n) is 2.85. The molecule has 1 heterocycles. The molecule has 2 aromatic carbocycles. The number of aliphatic carboxylic acids is 1. The van der Waals surface area contributed by atoms with Gasteiger partial charge in [-0.05, 0) is 11.1 Å². The summed E-state index contributed by atoms with van der Waals surface area (Å²) in [4.78, 5) is 11.0. The highest BCUT2D eigenvalue weighted by Crippen LogP contribution is 2.22. The molecule has 0 aliphatic carbocycles. The lowest BCUT2D eigenvalue weighted by molar-refractivity contribution is -0.140. The van der Waals surface area contributed by atoms with Gasteiger partial charge in [0.05, 0.1) is 7.17 Å². The van der Waals surface area contributed by atoms with Crippen molar-refractivity contribution in [3.8, 4) is 11.1 Å². The molecular formula is C16H15B2O2. The molecule has 0 saturated carbocycles. The van der Waals surface area contributed by atoms with Gasteiger partial charge < -0.3 is 5.11 Å². The maximum Gasteiger partial charge on any atom is 0.305 e. The average molecular weight is 261 g/mol. The van der Waals surface area contributed by atoms with E-state index in [2.05, 4.69) is 43.6 Å². The Bertz CT molecular complexity index is 596. The summed E-state index contributed by atoms with van der Waals surface area (Å²) < 4.78 is 0. The lowest BCUT2D eigenvalue weighted by atomic mass is 9.21. The van der Waals surface area contributed by atoms with E-state index in [9.17, 15) is 4.79 Å². The summed E-state index contributed by atoms with van der Waals surface area (Å²) >= 11 is 0. The van der Waals surface area contributed by atoms with Crippen LogP contribution < -0.4 is 5.46 Å². The van der Waals surface area contributed by atoms with Crippen LogP contribution in [0.2, 0.25) is 12.6 Å². The van der Waals surface area contributed by atoms with Crippen LogP contribution in [0.15, 0.2) is 54.6 Å². The number of rotatable bonds is 3. The summed E-state index contributed by atoms with van der Waals surface area (Å²) in [5.41, 5.74) is 3.62. The Hall–Kier alpha value is -1.96. The van der Waals surface area contributed by atoms with Crippen LogP contribution in [0.25, 0.3) is 11.1 Å². The van der Waals surface area contributed by atoms with Crippen LogP contribution >= 0.6 is 0 Å². The Morgan fingerprint density at radius 2 is 1.70 bits per heavy atom. The Labute approximate surface area is 120 Å². The molecule has 0 spiro atoms. The van der Waals surface area contributed by atoms with Crippen LogP contribution in [0.4, 0.5) is 0 Å². The second-order valence-electron chi connectivity index (χ2n) is 5.34. The molecule has 2 aromatic rings. The summed E-state index contributed by atoms with van der Waals surface area (Å²) in [6, 6.07) is 18.7. The van der Waals surface area contributed by atoms with Gasteiger partial charge in [0.2, 0.25) is 0 Å². The van der Waals surface area contributed by atoms with Crippen molar-refractivity contribution in [2.45, 2.75) is 12.6 Å². The highest BCUT2D eigenvalue weighted by Gasteiger charge is 2.33. The summed E-state index contributed by atoms with van der Waals surface area (Å²) in [6.45, 7) is 0.279. The summed E-state index contributed by atoms with van der Waals surface area (Å²) in [7, 11) is 2.14. The van der Waals surface area contributed by atoms with Crippen molar-refractivity contribution < 1.29 is 9.90 Å². The second kappa shape index (κ2) is 5.58. The van der Waals surface area contributed by atoms with Gasteiger partial charge in [0, 0.05) is 5.92 Å². The smallest absolute Gasteiger partial charge is 0.305 e. The third-order valence-electron chi connectivity index (χ3n) is 4.04. The van der Waals surface area contributed by atoms with Crippen molar-refractivity contribution in [2.24, 2.45) is 5.92 Å². The SMILES string of the molecule is O=C(O)C1C[B]B(c2ccc(-c3ccccc3)cc2)C1. The molecule has 0 amide bonds. The molecule has 1 radical (unpaired) electrons. The Kier molecular flexibility index (Phi) is 3.64. The Balaban J connectivity index is 1.76. The molecule has 1 aliphatic rings. The maximum absolute atomic E-state index is 11.0. The molecule has 1 saturated heterocycles. The van der Waals surface area contributed by atoms with Gasteiger partial charge in [0.25, 0.3) is 0 Å². The topological polar surface area (TPSA) is 37.3 Å². The average Bonchev–Trinajstić information content (AvgIpc) is 2.98. The first-order valence-corrected chi connectivity index (χ1v) is 6.95. The first kappa shape index (κ1) is 13.0. The summed E-state index contributed by atoms with van der Waals surface area (Å²) in [6.07, 6.45) is 1.40. The zero-order valence-corrected chi connectivity index (χ0v) is 11.2. The fourth-order valence-corrected chi connectivity index (χ4v) is 2.85. The molecule has 2 nitrogen and oxygen atoms in total. The van der Waals surface area contributed by atoms with Gasteiger partial charge in [-0.2, -0.15) is 0 Å². The van der Waals surface area contributed by atoms with Crippen molar-refractivity contribution in [3.05, 3.63) is 54.6 Å². The molecule has 97 valence electrons. The van der Waals surface area contributed by atoms with Gasteiger partial charge in [-0.3, -0.25) is 4.79 Å². The van der Waals surface area contributed by atoms with Crippen molar-refractivity contribution in [1.82, 2.24) is 0 Å². The third kappa shape index (κ3) is 2.64. The molecule has 3 rings (SSSR count). The number of carboxylic acid groups (broad SMARTS) is 1. The van der Waals surface area contributed by atoms with E-state index >= 15 is 0 Å². The van der Waals surface area contributed by atoms with Crippen LogP contribution in [0.5, 0.6) is 0 Å². The minimum atomic E-state index is -0.676. The molecule has 1 N–H and O–H groups in total. The van der Waals surface area contributed by atoms with E-state index in [1.807, 2.05) is 18.2 Å². The number of hydrogen-bond donors (Lipinski definition) is 1. The van der Waals surface area contributed by atoms with E-state index in [0.717, 1.165) is 6.32 Å². The molecule has 0 bridgehead atoms. The Morgan fingerprint density at radius 3 is 2.30 bits per heavy atom. The number of carboxylic acids is 1. The van der Waals surface area contributed by atoms with Gasteiger partial charge >= 0.3 is 5.97 Å². The van der Waals surface area contributed by atoms with Gasteiger partial charge in [-0.15, -0.1) is 0 Å². The van der Waals surface area contributed by atoms with Crippen molar-refractivity contribution in [1.29, 1.82) is 0 Å². The first-order chi connectivity index (χ1) is 9.74. The van der Waals surface area contributed by atoms with Crippen LogP contribution in [0.1, 0.15) is 0 Å². The summed E-state index contributed by atoms with van der Waals surface area (Å²) in [5, 5.41) is 9.05. The molecular weight excluding hydrogens is 246 g/mol.